The van der Waals surface area contributed by atoms with Crippen LogP contribution in [0.25, 0.3) is 0 Å². The van der Waals surface area contributed by atoms with Gasteiger partial charge in [0, 0.05) is 43.3 Å². The Bertz CT molecular complexity index is 840. The Labute approximate surface area is 172 Å². The van der Waals surface area contributed by atoms with Crippen LogP contribution in [0.3, 0.4) is 0 Å². The lowest BCUT2D eigenvalue weighted by atomic mass is 9.84. The maximum absolute atomic E-state index is 14.0. The number of ether oxygens (including phenoxy) is 1. The Morgan fingerprint density at radius 3 is 2.76 bits per heavy atom. The maximum atomic E-state index is 14.0. The summed E-state index contributed by atoms with van der Waals surface area (Å²) in [5.74, 6) is 0.996. The number of nitrogens with zero attached hydrogens (tertiary/aromatic N) is 1. The number of carbonyl (C=O) groups is 1. The van der Waals surface area contributed by atoms with Crippen molar-refractivity contribution in [2.45, 2.75) is 25.7 Å². The van der Waals surface area contributed by atoms with Crippen molar-refractivity contribution in [3.05, 3.63) is 59.9 Å². The highest BCUT2D eigenvalue weighted by Crippen LogP contribution is 2.27. The first kappa shape index (κ1) is 21.0. The van der Waals surface area contributed by atoms with Crippen LogP contribution in [0.1, 0.15) is 25.8 Å². The molecule has 0 bridgehead atoms. The summed E-state index contributed by atoms with van der Waals surface area (Å²) in [7, 11) is 1.67. The van der Waals surface area contributed by atoms with Gasteiger partial charge in [-0.15, -0.1) is 0 Å². The lowest BCUT2D eigenvalue weighted by molar-refractivity contribution is 0.236. The predicted molar refractivity (Wildman–Crippen MR) is 114 cm³/mol. The van der Waals surface area contributed by atoms with Gasteiger partial charge >= 0.3 is 6.03 Å². The highest BCUT2D eigenvalue weighted by Gasteiger charge is 2.26. The quantitative estimate of drug-likeness (QED) is 0.742. The zero-order valence-corrected chi connectivity index (χ0v) is 17.4. The van der Waals surface area contributed by atoms with Gasteiger partial charge in [-0.1, -0.05) is 38.1 Å². The fourth-order valence-corrected chi connectivity index (χ4v) is 3.75. The molecule has 0 radical (unpaired) electrons. The number of hydrogen-bond acceptors (Lipinski definition) is 3. The summed E-state index contributed by atoms with van der Waals surface area (Å²) < 4.78 is 19.3. The molecule has 156 valence electrons. The van der Waals surface area contributed by atoms with Gasteiger partial charge in [0.25, 0.3) is 0 Å². The van der Waals surface area contributed by atoms with E-state index in [1.807, 2.05) is 38.1 Å². The molecule has 3 rings (SSSR count). The van der Waals surface area contributed by atoms with Gasteiger partial charge in [0.05, 0.1) is 7.11 Å². The van der Waals surface area contributed by atoms with E-state index in [4.69, 9.17) is 4.74 Å². The molecular weight excluding hydrogens is 369 g/mol. The molecular formula is C23H30FN3O2. The molecule has 2 amide bonds. The van der Waals surface area contributed by atoms with Gasteiger partial charge in [-0.3, -0.25) is 0 Å². The first-order valence-electron chi connectivity index (χ1n) is 10.0. The fraction of sp³-hybridized carbons (Fsp3) is 0.435. The number of amides is 2. The molecule has 1 unspecified atom stereocenters. The summed E-state index contributed by atoms with van der Waals surface area (Å²) in [5, 5.41) is 5.85. The van der Waals surface area contributed by atoms with E-state index in [1.54, 1.807) is 19.2 Å². The average molecular weight is 400 g/mol. The minimum atomic E-state index is -0.487. The highest BCUT2D eigenvalue weighted by molar-refractivity contribution is 5.74. The van der Waals surface area contributed by atoms with Crippen molar-refractivity contribution in [1.82, 2.24) is 10.6 Å². The number of nitrogens with one attached hydrogen (secondary N) is 2. The largest absolute Gasteiger partial charge is 0.497 e. The summed E-state index contributed by atoms with van der Waals surface area (Å²) >= 11 is 0. The SMILES string of the molecule is COc1cccc(N2CCC(CNC(=O)NCC(C)(C)c3ccccc3F)C2)c1. The van der Waals surface area contributed by atoms with Gasteiger partial charge in [-0.05, 0) is 36.1 Å². The van der Waals surface area contributed by atoms with Crippen molar-refractivity contribution in [1.29, 1.82) is 0 Å². The second-order valence-corrected chi connectivity index (χ2v) is 8.23. The van der Waals surface area contributed by atoms with Crippen molar-refractivity contribution in [2.75, 3.05) is 38.2 Å². The second kappa shape index (κ2) is 9.16. The van der Waals surface area contributed by atoms with Gasteiger partial charge in [0.1, 0.15) is 11.6 Å². The second-order valence-electron chi connectivity index (χ2n) is 8.23. The van der Waals surface area contributed by atoms with E-state index in [0.717, 1.165) is 30.9 Å². The van der Waals surface area contributed by atoms with Crippen molar-refractivity contribution >= 4 is 11.7 Å². The summed E-state index contributed by atoms with van der Waals surface area (Å²) in [6.45, 7) is 6.69. The van der Waals surface area contributed by atoms with E-state index in [9.17, 15) is 9.18 Å². The number of carbonyl (C=O) groups excluding carboxylic acids is 1. The Kier molecular flexibility index (Phi) is 6.62. The van der Waals surface area contributed by atoms with Crippen molar-refractivity contribution in [3.8, 4) is 5.75 Å². The lowest BCUT2D eigenvalue weighted by Gasteiger charge is -2.26. The summed E-state index contributed by atoms with van der Waals surface area (Å²) in [4.78, 5) is 14.6. The van der Waals surface area contributed by atoms with E-state index in [2.05, 4.69) is 21.6 Å². The molecule has 6 heteroatoms. The van der Waals surface area contributed by atoms with Crippen LogP contribution < -0.4 is 20.3 Å². The molecule has 2 N–H and O–H groups in total. The Balaban J connectivity index is 1.45. The smallest absolute Gasteiger partial charge is 0.314 e. The molecule has 0 saturated carbocycles. The minimum absolute atomic E-state index is 0.214. The first-order valence-corrected chi connectivity index (χ1v) is 10.0. The van der Waals surface area contributed by atoms with Crippen LogP contribution in [-0.2, 0) is 5.41 Å². The fourth-order valence-electron chi connectivity index (χ4n) is 3.75. The molecule has 0 spiro atoms. The van der Waals surface area contributed by atoms with Crippen molar-refractivity contribution < 1.29 is 13.9 Å². The Morgan fingerprint density at radius 2 is 2.00 bits per heavy atom. The van der Waals surface area contributed by atoms with E-state index in [1.165, 1.54) is 6.07 Å². The van der Waals surface area contributed by atoms with Crippen LogP contribution in [0.4, 0.5) is 14.9 Å². The van der Waals surface area contributed by atoms with Crippen molar-refractivity contribution in [3.63, 3.8) is 0 Å². The number of hydrogen-bond donors (Lipinski definition) is 2. The molecule has 2 aromatic rings. The standard InChI is InChI=1S/C23H30FN3O2/c1-23(2,20-9-4-5-10-21(20)24)16-26-22(28)25-14-17-11-12-27(15-17)18-7-6-8-19(13-18)29-3/h4-10,13,17H,11-12,14-16H2,1-3H3,(H2,25,26,28). The molecule has 0 aromatic heterocycles. The van der Waals surface area contributed by atoms with Crippen LogP contribution in [0, 0.1) is 11.7 Å². The third kappa shape index (κ3) is 5.40. The van der Waals surface area contributed by atoms with E-state index >= 15 is 0 Å². The normalized spacial score (nSPS) is 16.6. The number of rotatable bonds is 7. The zero-order chi connectivity index (χ0) is 20.9. The molecule has 1 aliphatic rings. The Hall–Kier alpha value is -2.76. The third-order valence-corrected chi connectivity index (χ3v) is 5.55. The van der Waals surface area contributed by atoms with Gasteiger partial charge in [-0.2, -0.15) is 0 Å². The van der Waals surface area contributed by atoms with Crippen LogP contribution in [0.5, 0.6) is 5.75 Å². The number of halogens is 1. The molecule has 0 aliphatic carbocycles. The number of benzene rings is 2. The van der Waals surface area contributed by atoms with Gasteiger partial charge in [-0.25, -0.2) is 9.18 Å². The van der Waals surface area contributed by atoms with E-state index in [-0.39, 0.29) is 11.8 Å². The van der Waals surface area contributed by atoms with Crippen LogP contribution in [0.15, 0.2) is 48.5 Å². The highest BCUT2D eigenvalue weighted by atomic mass is 19.1. The summed E-state index contributed by atoms with van der Waals surface area (Å²) in [5.41, 5.74) is 1.26. The lowest BCUT2D eigenvalue weighted by Crippen LogP contribution is -2.44. The monoisotopic (exact) mass is 399 g/mol. The molecule has 29 heavy (non-hydrogen) atoms. The number of urea groups is 1. The number of methoxy groups -OCH3 is 1. The minimum Gasteiger partial charge on any atom is -0.497 e. The maximum Gasteiger partial charge on any atom is 0.314 e. The van der Waals surface area contributed by atoms with Gasteiger partial charge < -0.3 is 20.3 Å². The number of anilines is 1. The zero-order valence-electron chi connectivity index (χ0n) is 17.4. The molecule has 2 aromatic carbocycles. The molecule has 1 heterocycles. The van der Waals surface area contributed by atoms with Gasteiger partial charge in [0.15, 0.2) is 0 Å². The van der Waals surface area contributed by atoms with Crippen LogP contribution >= 0.6 is 0 Å². The Morgan fingerprint density at radius 1 is 1.21 bits per heavy atom. The van der Waals surface area contributed by atoms with Crippen molar-refractivity contribution in [2.24, 2.45) is 5.92 Å². The first-order chi connectivity index (χ1) is 13.9. The third-order valence-electron chi connectivity index (χ3n) is 5.55. The molecule has 1 fully saturated rings. The topological polar surface area (TPSA) is 53.6 Å². The summed E-state index contributed by atoms with van der Waals surface area (Å²) in [6, 6.07) is 14.5. The molecule has 5 nitrogen and oxygen atoms in total. The molecule has 1 atom stereocenters. The van der Waals surface area contributed by atoms with Crippen LogP contribution in [0.2, 0.25) is 0 Å². The van der Waals surface area contributed by atoms with E-state index < -0.39 is 5.41 Å². The average Bonchev–Trinajstić information content (AvgIpc) is 3.20. The van der Waals surface area contributed by atoms with E-state index in [0.29, 0.717) is 24.6 Å². The predicted octanol–water partition coefficient (Wildman–Crippen LogP) is 3.94. The van der Waals surface area contributed by atoms with Crippen LogP contribution in [-0.4, -0.2) is 39.3 Å². The van der Waals surface area contributed by atoms with Gasteiger partial charge in [0.2, 0.25) is 0 Å². The summed E-state index contributed by atoms with van der Waals surface area (Å²) in [6.07, 6.45) is 1.03. The molecule has 1 saturated heterocycles. The molecule has 1 aliphatic heterocycles.